The Hall–Kier alpha value is -1.31. The van der Waals surface area contributed by atoms with Crippen LogP contribution in [0.3, 0.4) is 0 Å². The summed E-state index contributed by atoms with van der Waals surface area (Å²) in [7, 11) is 0. The average Bonchev–Trinajstić information content (AvgIpc) is 2.26. The van der Waals surface area contributed by atoms with E-state index in [1.165, 1.54) is 0 Å². The highest BCUT2D eigenvalue weighted by molar-refractivity contribution is 5.77. The lowest BCUT2D eigenvalue weighted by molar-refractivity contribution is -0.175. The molecule has 0 saturated heterocycles. The predicted octanol–water partition coefficient (Wildman–Crippen LogP) is 1.96. The van der Waals surface area contributed by atoms with Crippen molar-refractivity contribution in [3.63, 3.8) is 0 Å². The highest BCUT2D eigenvalue weighted by atomic mass is 19.4. The Kier molecular flexibility index (Phi) is 8.21. The van der Waals surface area contributed by atoms with E-state index in [9.17, 15) is 22.8 Å². The number of hydrogen-bond acceptors (Lipinski definition) is 3. The molecule has 0 spiro atoms. The highest BCUT2D eigenvalue weighted by Gasteiger charge is 2.27. The van der Waals surface area contributed by atoms with Crippen LogP contribution in [-0.2, 0) is 14.3 Å². The van der Waals surface area contributed by atoms with Crippen LogP contribution in [0.4, 0.5) is 13.2 Å². The summed E-state index contributed by atoms with van der Waals surface area (Å²) in [6.45, 7) is 1.20. The molecule has 2 N–H and O–H groups in total. The molecule has 2 atom stereocenters. The molecule has 0 aliphatic rings. The van der Waals surface area contributed by atoms with Gasteiger partial charge in [-0.2, -0.15) is 13.2 Å². The van der Waals surface area contributed by atoms with Gasteiger partial charge in [-0.15, -0.1) is 0 Å². The molecule has 0 heterocycles. The van der Waals surface area contributed by atoms with Crippen LogP contribution in [0.2, 0.25) is 0 Å². The molecule has 5 nitrogen and oxygen atoms in total. The summed E-state index contributed by atoms with van der Waals surface area (Å²) < 4.78 is 39.5. The molecule has 8 heteroatoms. The lowest BCUT2D eigenvalue weighted by atomic mass is 10.0. The molecule has 118 valence electrons. The summed E-state index contributed by atoms with van der Waals surface area (Å²) in [4.78, 5) is 21.8. The van der Waals surface area contributed by atoms with Crippen LogP contribution in [-0.4, -0.2) is 42.4 Å². The fraction of sp³-hybridized carbons (Fsp3) is 0.833. The summed E-state index contributed by atoms with van der Waals surface area (Å²) in [6.07, 6.45) is -2.79. The smallest absolute Gasteiger partial charge is 0.411 e. The summed E-state index contributed by atoms with van der Waals surface area (Å²) in [5.41, 5.74) is 0. The molecular weight excluding hydrogens is 279 g/mol. The number of carbonyl (C=O) groups excluding carboxylic acids is 1. The lowest BCUT2D eigenvalue weighted by Gasteiger charge is -2.15. The van der Waals surface area contributed by atoms with Crippen LogP contribution in [0.1, 0.15) is 33.1 Å². The van der Waals surface area contributed by atoms with Gasteiger partial charge in [0.15, 0.2) is 0 Å². The van der Waals surface area contributed by atoms with Gasteiger partial charge in [0.2, 0.25) is 5.91 Å². The summed E-state index contributed by atoms with van der Waals surface area (Å²) in [5, 5.41) is 11.2. The molecular formula is C12H20F3NO4. The fourth-order valence-corrected chi connectivity index (χ4v) is 1.50. The van der Waals surface area contributed by atoms with Gasteiger partial charge in [-0.25, -0.2) is 0 Å². The first-order chi connectivity index (χ1) is 9.11. The standard InChI is InChI=1S/C12H20F3NO4/c1-8(11(18)19)4-3-5-9(2)16-10(17)6-20-7-12(13,14)15/h8-9H,3-7H2,1-2H3,(H,16,17)(H,18,19). The molecule has 0 aliphatic carbocycles. The molecule has 0 radical (unpaired) electrons. The summed E-state index contributed by atoms with van der Waals surface area (Å²) in [5.74, 6) is -1.94. The number of aliphatic carboxylic acids is 1. The third kappa shape index (κ3) is 10.6. The zero-order valence-corrected chi connectivity index (χ0v) is 11.5. The van der Waals surface area contributed by atoms with Crippen molar-refractivity contribution in [2.45, 2.75) is 45.3 Å². The Morgan fingerprint density at radius 2 is 1.85 bits per heavy atom. The van der Waals surface area contributed by atoms with E-state index in [1.54, 1.807) is 13.8 Å². The molecule has 0 fully saturated rings. The number of ether oxygens (including phenoxy) is 1. The van der Waals surface area contributed by atoms with Gasteiger partial charge < -0.3 is 15.2 Å². The zero-order valence-electron chi connectivity index (χ0n) is 11.5. The lowest BCUT2D eigenvalue weighted by Crippen LogP contribution is -2.36. The van der Waals surface area contributed by atoms with E-state index in [4.69, 9.17) is 5.11 Å². The van der Waals surface area contributed by atoms with Gasteiger partial charge in [-0.1, -0.05) is 13.3 Å². The van der Waals surface area contributed by atoms with Gasteiger partial charge in [0, 0.05) is 6.04 Å². The Bertz CT molecular complexity index is 320. The minimum Gasteiger partial charge on any atom is -0.481 e. The van der Waals surface area contributed by atoms with Crippen molar-refractivity contribution in [2.75, 3.05) is 13.2 Å². The molecule has 0 rings (SSSR count). The van der Waals surface area contributed by atoms with Gasteiger partial charge in [0.05, 0.1) is 5.92 Å². The van der Waals surface area contributed by atoms with Gasteiger partial charge in [0.1, 0.15) is 13.2 Å². The van der Waals surface area contributed by atoms with Gasteiger partial charge in [-0.05, 0) is 19.8 Å². The van der Waals surface area contributed by atoms with Crippen LogP contribution >= 0.6 is 0 Å². The van der Waals surface area contributed by atoms with Gasteiger partial charge in [0.25, 0.3) is 0 Å². The molecule has 2 unspecified atom stereocenters. The Morgan fingerprint density at radius 3 is 2.35 bits per heavy atom. The molecule has 0 saturated carbocycles. The number of carboxylic acids is 1. The van der Waals surface area contributed by atoms with E-state index in [-0.39, 0.29) is 6.04 Å². The van der Waals surface area contributed by atoms with Crippen LogP contribution in [0.15, 0.2) is 0 Å². The third-order valence-corrected chi connectivity index (χ3v) is 2.60. The van der Waals surface area contributed by atoms with Gasteiger partial charge >= 0.3 is 12.1 Å². The van der Waals surface area contributed by atoms with E-state index in [2.05, 4.69) is 10.1 Å². The summed E-state index contributed by atoms with van der Waals surface area (Å²) >= 11 is 0. The second-order valence-corrected chi connectivity index (χ2v) is 4.75. The van der Waals surface area contributed by atoms with Crippen molar-refractivity contribution < 1.29 is 32.6 Å². The van der Waals surface area contributed by atoms with Crippen molar-refractivity contribution in [2.24, 2.45) is 5.92 Å². The second-order valence-electron chi connectivity index (χ2n) is 4.75. The maximum absolute atomic E-state index is 11.8. The number of hydrogen-bond donors (Lipinski definition) is 2. The SMILES string of the molecule is CC(CCCC(C)C(=O)O)NC(=O)COCC(F)(F)F. The minimum absolute atomic E-state index is 0.238. The molecule has 0 aromatic carbocycles. The first-order valence-electron chi connectivity index (χ1n) is 6.28. The van der Waals surface area contributed by atoms with Crippen LogP contribution in [0.5, 0.6) is 0 Å². The molecule has 0 bridgehead atoms. The monoisotopic (exact) mass is 299 g/mol. The quantitative estimate of drug-likeness (QED) is 0.682. The minimum atomic E-state index is -4.45. The number of alkyl halides is 3. The van der Waals surface area contributed by atoms with Crippen LogP contribution < -0.4 is 5.32 Å². The number of carboxylic acid groups (broad SMARTS) is 1. The van der Waals surface area contributed by atoms with Crippen molar-refractivity contribution in [1.29, 1.82) is 0 Å². The molecule has 0 aromatic rings. The van der Waals surface area contributed by atoms with Crippen LogP contribution in [0.25, 0.3) is 0 Å². The van der Waals surface area contributed by atoms with E-state index < -0.39 is 37.2 Å². The Morgan fingerprint density at radius 1 is 1.25 bits per heavy atom. The maximum atomic E-state index is 11.8. The zero-order chi connectivity index (χ0) is 15.8. The van der Waals surface area contributed by atoms with Crippen molar-refractivity contribution in [3.8, 4) is 0 Å². The topological polar surface area (TPSA) is 75.6 Å². The molecule has 1 amide bonds. The number of carbonyl (C=O) groups is 2. The first-order valence-corrected chi connectivity index (χ1v) is 6.28. The average molecular weight is 299 g/mol. The second kappa shape index (κ2) is 8.78. The largest absolute Gasteiger partial charge is 0.481 e. The fourth-order valence-electron chi connectivity index (χ4n) is 1.50. The number of nitrogens with one attached hydrogen (secondary N) is 1. The first kappa shape index (κ1) is 18.7. The van der Waals surface area contributed by atoms with E-state index in [1.807, 2.05) is 0 Å². The van der Waals surface area contributed by atoms with E-state index in [0.29, 0.717) is 19.3 Å². The third-order valence-electron chi connectivity index (χ3n) is 2.60. The Balaban J connectivity index is 3.72. The van der Waals surface area contributed by atoms with Crippen LogP contribution in [0, 0.1) is 5.92 Å². The summed E-state index contributed by atoms with van der Waals surface area (Å²) in [6, 6.07) is -0.238. The molecule has 0 aliphatic heterocycles. The van der Waals surface area contributed by atoms with Crippen molar-refractivity contribution in [3.05, 3.63) is 0 Å². The van der Waals surface area contributed by atoms with E-state index >= 15 is 0 Å². The normalized spacial score (nSPS) is 14.7. The molecule has 0 aromatic heterocycles. The maximum Gasteiger partial charge on any atom is 0.411 e. The number of amides is 1. The van der Waals surface area contributed by atoms with Crippen molar-refractivity contribution >= 4 is 11.9 Å². The molecule has 20 heavy (non-hydrogen) atoms. The number of halogens is 3. The van der Waals surface area contributed by atoms with Crippen molar-refractivity contribution in [1.82, 2.24) is 5.32 Å². The van der Waals surface area contributed by atoms with Gasteiger partial charge in [-0.3, -0.25) is 9.59 Å². The predicted molar refractivity (Wildman–Crippen MR) is 65.1 cm³/mol. The van der Waals surface area contributed by atoms with E-state index in [0.717, 1.165) is 0 Å². The highest BCUT2D eigenvalue weighted by Crippen LogP contribution is 2.14. The Labute approximate surface area is 115 Å². The number of rotatable bonds is 9.